The molecule has 152 valence electrons. The van der Waals surface area contributed by atoms with Gasteiger partial charge in [0.15, 0.2) is 0 Å². The van der Waals surface area contributed by atoms with Gasteiger partial charge < -0.3 is 10.1 Å². The Bertz CT molecular complexity index is 1090. The molecule has 30 heavy (non-hydrogen) atoms. The number of carbonyl (C=O) groups excluding carboxylic acids is 1. The van der Waals surface area contributed by atoms with E-state index >= 15 is 0 Å². The molecule has 1 saturated heterocycles. The predicted molar refractivity (Wildman–Crippen MR) is 119 cm³/mol. The number of rotatable bonds is 4. The molecule has 5 nitrogen and oxygen atoms in total. The molecule has 0 unspecified atom stereocenters. The van der Waals surface area contributed by atoms with Gasteiger partial charge >= 0.3 is 0 Å². The highest BCUT2D eigenvalue weighted by Gasteiger charge is 2.53. The van der Waals surface area contributed by atoms with E-state index in [9.17, 15) is 4.79 Å². The topological polar surface area (TPSA) is 44.8 Å². The highest BCUT2D eigenvalue weighted by molar-refractivity contribution is 6.30. The average molecular weight is 420 g/mol. The maximum Gasteiger partial charge on any atom is 0.262 e. The Balaban J connectivity index is 1.46. The van der Waals surface area contributed by atoms with E-state index in [-0.39, 0.29) is 5.91 Å². The van der Waals surface area contributed by atoms with E-state index in [1.165, 1.54) is 0 Å². The van der Waals surface area contributed by atoms with Gasteiger partial charge in [-0.15, -0.1) is 0 Å². The second kappa shape index (κ2) is 7.35. The zero-order valence-electron chi connectivity index (χ0n) is 16.6. The second-order valence-electron chi connectivity index (χ2n) is 7.82. The molecular formula is C24H22ClN3O2. The standard InChI is InChI=1S/C24H22ClN3O2/c1-30-20-11-9-19(10-12-20)28-23(29)21-7-2-3-8-22(21)26-24(28)15-27(16-24)14-17-5-4-6-18(25)13-17/h2-13,26H,14-16H2,1H3. The lowest BCUT2D eigenvalue weighted by Crippen LogP contribution is -2.76. The van der Waals surface area contributed by atoms with Crippen LogP contribution in [0, 0.1) is 0 Å². The van der Waals surface area contributed by atoms with E-state index in [4.69, 9.17) is 16.3 Å². The molecular weight excluding hydrogens is 398 g/mol. The predicted octanol–water partition coefficient (Wildman–Crippen LogP) is 4.63. The number of nitrogens with one attached hydrogen (secondary N) is 1. The summed E-state index contributed by atoms with van der Waals surface area (Å²) in [6.45, 7) is 2.22. The Morgan fingerprint density at radius 3 is 2.53 bits per heavy atom. The third kappa shape index (κ3) is 3.20. The van der Waals surface area contributed by atoms with Crippen LogP contribution in [-0.4, -0.2) is 36.7 Å². The molecule has 0 radical (unpaired) electrons. The zero-order chi connectivity index (χ0) is 20.7. The lowest BCUT2D eigenvalue weighted by molar-refractivity contribution is 0.0609. The minimum Gasteiger partial charge on any atom is -0.497 e. The molecule has 1 fully saturated rings. The number of nitrogens with zero attached hydrogens (tertiary/aromatic N) is 2. The average Bonchev–Trinajstić information content (AvgIpc) is 2.73. The van der Waals surface area contributed by atoms with Gasteiger partial charge in [0, 0.05) is 36.0 Å². The van der Waals surface area contributed by atoms with Crippen LogP contribution in [-0.2, 0) is 6.54 Å². The Kier molecular flexibility index (Phi) is 4.65. The summed E-state index contributed by atoms with van der Waals surface area (Å²) in [5, 5.41) is 4.39. The van der Waals surface area contributed by atoms with Crippen LogP contribution in [0.15, 0.2) is 72.8 Å². The number of ether oxygens (including phenoxy) is 1. The number of likely N-dealkylation sites (tertiary alicyclic amines) is 1. The minimum atomic E-state index is -0.487. The molecule has 0 bridgehead atoms. The van der Waals surface area contributed by atoms with Crippen LogP contribution >= 0.6 is 11.6 Å². The number of halogens is 1. The van der Waals surface area contributed by atoms with Crippen molar-refractivity contribution in [1.29, 1.82) is 0 Å². The summed E-state index contributed by atoms with van der Waals surface area (Å²) >= 11 is 6.14. The van der Waals surface area contributed by atoms with Crippen molar-refractivity contribution in [2.24, 2.45) is 0 Å². The molecule has 0 aliphatic carbocycles. The quantitative estimate of drug-likeness (QED) is 0.669. The first-order valence-corrected chi connectivity index (χ1v) is 10.3. The largest absolute Gasteiger partial charge is 0.497 e. The third-order valence-electron chi connectivity index (χ3n) is 5.75. The summed E-state index contributed by atoms with van der Waals surface area (Å²) in [5.74, 6) is 0.777. The van der Waals surface area contributed by atoms with Crippen molar-refractivity contribution in [2.45, 2.75) is 12.2 Å². The number of fused-ring (bicyclic) bond motifs is 1. The maximum atomic E-state index is 13.5. The highest BCUT2D eigenvalue weighted by Crippen LogP contribution is 2.41. The number of anilines is 2. The molecule has 0 atom stereocenters. The lowest BCUT2D eigenvalue weighted by Gasteiger charge is -2.58. The summed E-state index contributed by atoms with van der Waals surface area (Å²) in [5.41, 5.74) is 3.10. The van der Waals surface area contributed by atoms with Crippen LogP contribution < -0.4 is 15.0 Å². The number of carbonyl (C=O) groups is 1. The van der Waals surface area contributed by atoms with Crippen molar-refractivity contribution in [3.63, 3.8) is 0 Å². The normalized spacial score (nSPS) is 17.3. The van der Waals surface area contributed by atoms with Crippen LogP contribution in [0.2, 0.25) is 5.02 Å². The van der Waals surface area contributed by atoms with E-state index in [1.807, 2.05) is 71.6 Å². The Hall–Kier alpha value is -3.02. The SMILES string of the molecule is COc1ccc(N2C(=O)c3ccccc3NC23CN(Cc2cccc(Cl)c2)C3)cc1. The third-order valence-corrected chi connectivity index (χ3v) is 5.99. The number of benzene rings is 3. The summed E-state index contributed by atoms with van der Waals surface area (Å²) < 4.78 is 5.29. The van der Waals surface area contributed by atoms with E-state index < -0.39 is 5.66 Å². The Morgan fingerprint density at radius 2 is 1.80 bits per heavy atom. The van der Waals surface area contributed by atoms with E-state index in [2.05, 4.69) is 16.3 Å². The van der Waals surface area contributed by atoms with Crippen molar-refractivity contribution in [2.75, 3.05) is 30.4 Å². The van der Waals surface area contributed by atoms with Gasteiger partial charge in [-0.3, -0.25) is 14.6 Å². The molecule has 1 N–H and O–H groups in total. The van der Waals surface area contributed by atoms with E-state index in [1.54, 1.807) is 7.11 Å². The molecule has 2 aliphatic rings. The van der Waals surface area contributed by atoms with Crippen molar-refractivity contribution in [3.05, 3.63) is 88.9 Å². The van der Waals surface area contributed by atoms with E-state index in [0.717, 1.165) is 34.3 Å². The molecule has 3 aromatic rings. The molecule has 2 heterocycles. The molecule has 0 aromatic heterocycles. The van der Waals surface area contributed by atoms with Gasteiger partial charge in [-0.2, -0.15) is 0 Å². The Morgan fingerprint density at radius 1 is 1.03 bits per heavy atom. The van der Waals surface area contributed by atoms with Gasteiger partial charge in [0.25, 0.3) is 5.91 Å². The smallest absolute Gasteiger partial charge is 0.262 e. The Labute approximate surface area is 180 Å². The maximum absolute atomic E-state index is 13.5. The number of methoxy groups -OCH3 is 1. The van der Waals surface area contributed by atoms with Crippen LogP contribution in [0.25, 0.3) is 0 Å². The van der Waals surface area contributed by atoms with Crippen LogP contribution in [0.5, 0.6) is 5.75 Å². The number of hydrogen-bond acceptors (Lipinski definition) is 4. The van der Waals surface area contributed by atoms with Gasteiger partial charge in [0.2, 0.25) is 0 Å². The minimum absolute atomic E-state index is 0.0110. The summed E-state index contributed by atoms with van der Waals surface area (Å²) in [7, 11) is 1.64. The molecule has 1 amide bonds. The van der Waals surface area contributed by atoms with Gasteiger partial charge in [-0.05, 0) is 54.1 Å². The van der Waals surface area contributed by atoms with Crippen LogP contribution in [0.1, 0.15) is 15.9 Å². The highest BCUT2D eigenvalue weighted by atomic mass is 35.5. The molecule has 2 aliphatic heterocycles. The zero-order valence-corrected chi connectivity index (χ0v) is 17.4. The van der Waals surface area contributed by atoms with Crippen molar-refractivity contribution >= 4 is 28.9 Å². The van der Waals surface area contributed by atoms with Gasteiger partial charge in [0.05, 0.1) is 12.7 Å². The fourth-order valence-electron chi connectivity index (χ4n) is 4.42. The monoisotopic (exact) mass is 419 g/mol. The summed E-state index contributed by atoms with van der Waals surface area (Å²) in [4.78, 5) is 17.7. The fraction of sp³-hybridized carbons (Fsp3) is 0.208. The molecule has 3 aromatic carbocycles. The molecule has 6 heteroatoms. The van der Waals surface area contributed by atoms with Crippen molar-refractivity contribution < 1.29 is 9.53 Å². The van der Waals surface area contributed by atoms with Gasteiger partial charge in [0.1, 0.15) is 11.4 Å². The lowest BCUT2D eigenvalue weighted by atomic mass is 9.90. The fourth-order valence-corrected chi connectivity index (χ4v) is 4.63. The number of para-hydroxylation sites is 1. The van der Waals surface area contributed by atoms with Gasteiger partial charge in [-0.25, -0.2) is 0 Å². The van der Waals surface area contributed by atoms with Gasteiger partial charge in [-0.1, -0.05) is 35.9 Å². The summed E-state index contributed by atoms with van der Waals surface area (Å²) in [6, 6.07) is 23.3. The first-order chi connectivity index (χ1) is 14.6. The summed E-state index contributed by atoms with van der Waals surface area (Å²) in [6.07, 6.45) is 0. The number of hydrogen-bond donors (Lipinski definition) is 1. The second-order valence-corrected chi connectivity index (χ2v) is 8.25. The van der Waals surface area contributed by atoms with Crippen LogP contribution in [0.4, 0.5) is 11.4 Å². The van der Waals surface area contributed by atoms with Crippen molar-refractivity contribution in [1.82, 2.24) is 4.90 Å². The molecule has 0 saturated carbocycles. The van der Waals surface area contributed by atoms with E-state index in [0.29, 0.717) is 18.7 Å². The number of amides is 1. The first-order valence-electron chi connectivity index (χ1n) is 9.91. The first kappa shape index (κ1) is 19.0. The van der Waals surface area contributed by atoms with Crippen LogP contribution in [0.3, 0.4) is 0 Å². The van der Waals surface area contributed by atoms with Crippen molar-refractivity contribution in [3.8, 4) is 5.75 Å². The molecule has 5 rings (SSSR count). The molecule has 1 spiro atoms.